The molecule has 0 amide bonds. The highest BCUT2D eigenvalue weighted by atomic mass is 15.2. The van der Waals surface area contributed by atoms with Crippen LogP contribution in [0.3, 0.4) is 0 Å². The van der Waals surface area contributed by atoms with E-state index in [1.54, 1.807) is 10.7 Å². The monoisotopic (exact) mass is 175 g/mol. The van der Waals surface area contributed by atoms with Gasteiger partial charge in [0, 0.05) is 18.0 Å². The fourth-order valence-electron chi connectivity index (χ4n) is 1.35. The Morgan fingerprint density at radius 1 is 1.38 bits per heavy atom. The second-order valence-electron chi connectivity index (χ2n) is 3.16. The zero-order valence-corrected chi connectivity index (χ0v) is 7.77. The highest BCUT2D eigenvalue weighted by molar-refractivity contribution is 5.36. The Morgan fingerprint density at radius 2 is 2.31 bits per heavy atom. The average Bonchev–Trinajstić information content (AvgIpc) is 2.61. The number of hydrogen-bond acceptors (Lipinski definition) is 2. The molecule has 0 aliphatic heterocycles. The lowest BCUT2D eigenvalue weighted by Crippen LogP contribution is -1.94. The van der Waals surface area contributed by atoms with E-state index in [1.165, 1.54) is 12.8 Å². The van der Waals surface area contributed by atoms with Crippen molar-refractivity contribution in [3.05, 3.63) is 30.2 Å². The van der Waals surface area contributed by atoms with Crippen LogP contribution in [0.25, 0.3) is 5.65 Å². The maximum Gasteiger partial charge on any atom is 0.155 e. The van der Waals surface area contributed by atoms with E-state index in [2.05, 4.69) is 17.0 Å². The van der Waals surface area contributed by atoms with Crippen LogP contribution in [0.15, 0.2) is 24.5 Å². The highest BCUT2D eigenvalue weighted by Gasteiger charge is 1.97. The smallest absolute Gasteiger partial charge is 0.155 e. The van der Waals surface area contributed by atoms with Gasteiger partial charge in [0.05, 0.1) is 6.20 Å². The van der Waals surface area contributed by atoms with Gasteiger partial charge in [-0.15, -0.1) is 0 Å². The Labute approximate surface area is 77.4 Å². The van der Waals surface area contributed by atoms with Gasteiger partial charge < -0.3 is 0 Å². The van der Waals surface area contributed by atoms with Gasteiger partial charge in [0.15, 0.2) is 5.65 Å². The fourth-order valence-corrected chi connectivity index (χ4v) is 1.35. The molecule has 2 aromatic heterocycles. The van der Waals surface area contributed by atoms with Gasteiger partial charge in [-0.2, -0.15) is 5.10 Å². The van der Waals surface area contributed by atoms with Crippen molar-refractivity contribution in [1.82, 2.24) is 14.6 Å². The standard InChI is InChI=1S/C10H13N3/c1-2-3-4-9-6-8-13-10(12-9)5-7-11-13/h5-8H,2-4H2,1H3. The zero-order chi connectivity index (χ0) is 9.10. The van der Waals surface area contributed by atoms with Gasteiger partial charge in [-0.05, 0) is 18.9 Å². The summed E-state index contributed by atoms with van der Waals surface area (Å²) in [6, 6.07) is 3.96. The molecule has 0 N–H and O–H groups in total. The Kier molecular flexibility index (Phi) is 2.25. The lowest BCUT2D eigenvalue weighted by atomic mass is 10.2. The Bertz CT molecular complexity index is 392. The molecule has 0 spiro atoms. The quantitative estimate of drug-likeness (QED) is 0.714. The minimum absolute atomic E-state index is 0.939. The highest BCUT2D eigenvalue weighted by Crippen LogP contribution is 2.04. The van der Waals surface area contributed by atoms with Crippen molar-refractivity contribution < 1.29 is 0 Å². The second kappa shape index (κ2) is 3.56. The summed E-state index contributed by atoms with van der Waals surface area (Å²) in [6.07, 6.45) is 7.22. The number of aromatic nitrogens is 3. The average molecular weight is 175 g/mol. The molecule has 3 heteroatoms. The van der Waals surface area contributed by atoms with E-state index in [9.17, 15) is 0 Å². The molecule has 0 aliphatic carbocycles. The van der Waals surface area contributed by atoms with Crippen LogP contribution in [0.5, 0.6) is 0 Å². The minimum atomic E-state index is 0.939. The molecule has 13 heavy (non-hydrogen) atoms. The van der Waals surface area contributed by atoms with Crippen LogP contribution in [-0.2, 0) is 6.42 Å². The van der Waals surface area contributed by atoms with Crippen LogP contribution >= 0.6 is 0 Å². The van der Waals surface area contributed by atoms with Crippen molar-refractivity contribution in [3.63, 3.8) is 0 Å². The molecule has 0 saturated carbocycles. The number of fused-ring (bicyclic) bond motifs is 1. The number of unbranched alkanes of at least 4 members (excludes halogenated alkanes) is 1. The summed E-state index contributed by atoms with van der Waals surface area (Å²) in [5.74, 6) is 0. The number of nitrogens with zero attached hydrogens (tertiary/aromatic N) is 3. The van der Waals surface area contributed by atoms with E-state index >= 15 is 0 Å². The largest absolute Gasteiger partial charge is 0.234 e. The molecule has 2 aromatic rings. The molecular formula is C10H13N3. The topological polar surface area (TPSA) is 30.2 Å². The van der Waals surface area contributed by atoms with Gasteiger partial charge >= 0.3 is 0 Å². The Balaban J connectivity index is 2.26. The van der Waals surface area contributed by atoms with Crippen LogP contribution in [0, 0.1) is 0 Å². The summed E-state index contributed by atoms with van der Waals surface area (Å²) in [5, 5.41) is 4.09. The van der Waals surface area contributed by atoms with Crippen molar-refractivity contribution in [2.75, 3.05) is 0 Å². The molecule has 0 aromatic carbocycles. The molecule has 68 valence electrons. The normalized spacial score (nSPS) is 10.8. The predicted octanol–water partition coefficient (Wildman–Crippen LogP) is 2.07. The summed E-state index contributed by atoms with van der Waals surface area (Å²) in [5.41, 5.74) is 2.10. The first-order valence-corrected chi connectivity index (χ1v) is 4.69. The molecule has 0 radical (unpaired) electrons. The van der Waals surface area contributed by atoms with Crippen molar-refractivity contribution in [2.45, 2.75) is 26.2 Å². The molecule has 0 bridgehead atoms. The van der Waals surface area contributed by atoms with E-state index in [4.69, 9.17) is 0 Å². The molecular weight excluding hydrogens is 162 g/mol. The van der Waals surface area contributed by atoms with E-state index in [0.717, 1.165) is 17.8 Å². The predicted molar refractivity (Wildman–Crippen MR) is 51.6 cm³/mol. The number of aryl methyl sites for hydroxylation is 1. The summed E-state index contributed by atoms with van der Waals surface area (Å²) < 4.78 is 1.79. The van der Waals surface area contributed by atoms with Crippen LogP contribution in [0.2, 0.25) is 0 Å². The first kappa shape index (κ1) is 8.23. The van der Waals surface area contributed by atoms with Gasteiger partial charge in [-0.1, -0.05) is 13.3 Å². The van der Waals surface area contributed by atoms with Gasteiger partial charge in [0.2, 0.25) is 0 Å². The van der Waals surface area contributed by atoms with Gasteiger partial charge in [-0.3, -0.25) is 0 Å². The van der Waals surface area contributed by atoms with Crippen molar-refractivity contribution in [1.29, 1.82) is 0 Å². The van der Waals surface area contributed by atoms with E-state index < -0.39 is 0 Å². The third-order valence-corrected chi connectivity index (χ3v) is 2.10. The van der Waals surface area contributed by atoms with E-state index in [-0.39, 0.29) is 0 Å². The summed E-state index contributed by atoms with van der Waals surface area (Å²) >= 11 is 0. The van der Waals surface area contributed by atoms with E-state index in [1.807, 2.05) is 18.3 Å². The third kappa shape index (κ3) is 1.69. The van der Waals surface area contributed by atoms with E-state index in [0.29, 0.717) is 0 Å². The van der Waals surface area contributed by atoms with Crippen LogP contribution < -0.4 is 0 Å². The Hall–Kier alpha value is -1.38. The van der Waals surface area contributed by atoms with Crippen molar-refractivity contribution in [2.24, 2.45) is 0 Å². The Morgan fingerprint density at radius 3 is 3.15 bits per heavy atom. The molecule has 0 saturated heterocycles. The fraction of sp³-hybridized carbons (Fsp3) is 0.400. The lowest BCUT2D eigenvalue weighted by molar-refractivity contribution is 0.772. The molecule has 2 heterocycles. The summed E-state index contributed by atoms with van der Waals surface area (Å²) in [4.78, 5) is 4.47. The third-order valence-electron chi connectivity index (χ3n) is 2.10. The number of hydrogen-bond donors (Lipinski definition) is 0. The molecule has 2 rings (SSSR count). The zero-order valence-electron chi connectivity index (χ0n) is 7.77. The van der Waals surface area contributed by atoms with Gasteiger partial charge in [-0.25, -0.2) is 9.50 Å². The first-order valence-electron chi connectivity index (χ1n) is 4.69. The summed E-state index contributed by atoms with van der Waals surface area (Å²) in [6.45, 7) is 2.19. The van der Waals surface area contributed by atoms with Crippen LogP contribution in [0.1, 0.15) is 25.5 Å². The van der Waals surface area contributed by atoms with Gasteiger partial charge in [0.25, 0.3) is 0 Å². The maximum atomic E-state index is 4.47. The van der Waals surface area contributed by atoms with Gasteiger partial charge in [0.1, 0.15) is 0 Å². The SMILES string of the molecule is CCCCc1ccn2nccc2n1. The molecule has 0 atom stereocenters. The number of rotatable bonds is 3. The van der Waals surface area contributed by atoms with Crippen molar-refractivity contribution in [3.8, 4) is 0 Å². The lowest BCUT2D eigenvalue weighted by Gasteiger charge is -1.98. The maximum absolute atomic E-state index is 4.47. The minimum Gasteiger partial charge on any atom is -0.234 e. The molecule has 3 nitrogen and oxygen atoms in total. The van der Waals surface area contributed by atoms with Crippen molar-refractivity contribution >= 4 is 5.65 Å². The van der Waals surface area contributed by atoms with Crippen LogP contribution in [0.4, 0.5) is 0 Å². The first-order chi connectivity index (χ1) is 6.40. The molecule has 0 unspecified atom stereocenters. The molecule has 0 aliphatic rings. The van der Waals surface area contributed by atoms with Crippen LogP contribution in [-0.4, -0.2) is 14.6 Å². The summed E-state index contributed by atoms with van der Waals surface area (Å²) in [7, 11) is 0. The molecule has 0 fully saturated rings. The second-order valence-corrected chi connectivity index (χ2v) is 3.16.